The Kier molecular flexibility index (Phi) is 3.66. The van der Waals surface area contributed by atoms with Crippen molar-refractivity contribution >= 4 is 28.6 Å². The van der Waals surface area contributed by atoms with Gasteiger partial charge in [0.15, 0.2) is 11.6 Å². The molecule has 0 spiro atoms. The lowest BCUT2D eigenvalue weighted by Gasteiger charge is -2.08. The average Bonchev–Trinajstić information content (AvgIpc) is 2.36. The number of nitrogens with zero attached hydrogens (tertiary/aromatic N) is 1. The highest BCUT2D eigenvalue weighted by atomic mass is 32.1. The van der Waals surface area contributed by atoms with Crippen molar-refractivity contribution in [2.75, 3.05) is 5.32 Å². The minimum Gasteiger partial charge on any atom is -0.388 e. The number of nitrogens with one attached hydrogen (secondary N) is 1. The van der Waals surface area contributed by atoms with E-state index in [1.807, 2.05) is 0 Å². The first-order valence-corrected chi connectivity index (χ1v) is 5.55. The lowest BCUT2D eigenvalue weighted by Crippen LogP contribution is -2.11. The third-order valence-corrected chi connectivity index (χ3v) is 2.51. The zero-order valence-corrected chi connectivity index (χ0v) is 10.3. The van der Waals surface area contributed by atoms with E-state index in [4.69, 9.17) is 18.0 Å². The van der Waals surface area contributed by atoms with Gasteiger partial charge in [0.2, 0.25) is 0 Å². The fourth-order valence-corrected chi connectivity index (χ4v) is 1.51. The van der Waals surface area contributed by atoms with E-state index < -0.39 is 17.5 Å². The van der Waals surface area contributed by atoms with Crippen LogP contribution in [0.5, 0.6) is 0 Å². The molecule has 0 aliphatic carbocycles. The lowest BCUT2D eigenvalue weighted by molar-refractivity contribution is 0.496. The van der Waals surface area contributed by atoms with Gasteiger partial charge in [0.05, 0.1) is 23.3 Å². The fraction of sp³-hybridized carbons (Fsp3) is 0. The molecule has 98 valence electrons. The molecule has 1 aromatic carbocycles. The summed E-state index contributed by atoms with van der Waals surface area (Å²) in [6, 6.07) is 4.27. The van der Waals surface area contributed by atoms with Crippen LogP contribution in [0, 0.1) is 17.5 Å². The van der Waals surface area contributed by atoms with Crippen LogP contribution in [-0.2, 0) is 0 Å². The number of thiocarbonyl (C=S) groups is 1. The van der Waals surface area contributed by atoms with Gasteiger partial charge in [-0.25, -0.2) is 13.2 Å². The summed E-state index contributed by atoms with van der Waals surface area (Å²) < 4.78 is 39.2. The van der Waals surface area contributed by atoms with Crippen molar-refractivity contribution in [3.05, 3.63) is 53.6 Å². The summed E-state index contributed by atoms with van der Waals surface area (Å²) in [6.45, 7) is 0. The molecule has 2 aromatic rings. The molecule has 0 bridgehead atoms. The largest absolute Gasteiger partial charge is 0.388 e. The number of anilines is 2. The Labute approximate surface area is 112 Å². The number of halogens is 3. The summed E-state index contributed by atoms with van der Waals surface area (Å²) in [4.78, 5) is 4.06. The Hall–Kier alpha value is -2.15. The Morgan fingerprint density at radius 3 is 2.37 bits per heavy atom. The van der Waals surface area contributed by atoms with Crippen molar-refractivity contribution in [1.29, 1.82) is 0 Å². The monoisotopic (exact) mass is 283 g/mol. The molecule has 0 amide bonds. The van der Waals surface area contributed by atoms with Gasteiger partial charge in [0.25, 0.3) is 0 Å². The van der Waals surface area contributed by atoms with Crippen LogP contribution in [0.2, 0.25) is 0 Å². The van der Waals surface area contributed by atoms with Gasteiger partial charge in [-0.3, -0.25) is 4.98 Å². The average molecular weight is 283 g/mol. The van der Waals surface area contributed by atoms with Crippen LogP contribution in [0.1, 0.15) is 5.69 Å². The van der Waals surface area contributed by atoms with Crippen molar-refractivity contribution in [2.45, 2.75) is 0 Å². The molecule has 0 atom stereocenters. The molecule has 0 aliphatic rings. The maximum absolute atomic E-state index is 13.4. The van der Waals surface area contributed by atoms with E-state index in [0.29, 0.717) is 17.4 Å². The first-order valence-electron chi connectivity index (χ1n) is 5.15. The summed E-state index contributed by atoms with van der Waals surface area (Å²) in [6.07, 6.45) is 1.36. The van der Waals surface area contributed by atoms with E-state index in [0.717, 1.165) is 6.07 Å². The summed E-state index contributed by atoms with van der Waals surface area (Å²) in [5.41, 5.74) is 5.99. The Balaban J connectivity index is 2.26. The number of benzene rings is 1. The van der Waals surface area contributed by atoms with Gasteiger partial charge in [-0.15, -0.1) is 0 Å². The molecule has 7 heteroatoms. The van der Waals surface area contributed by atoms with Gasteiger partial charge in [0, 0.05) is 12.1 Å². The molecule has 2 rings (SSSR count). The number of rotatable bonds is 3. The maximum atomic E-state index is 13.4. The van der Waals surface area contributed by atoms with Crippen molar-refractivity contribution in [2.24, 2.45) is 5.73 Å². The Morgan fingerprint density at radius 2 is 1.79 bits per heavy atom. The lowest BCUT2D eigenvalue weighted by atomic mass is 10.2. The second-order valence-corrected chi connectivity index (χ2v) is 4.11. The second-order valence-electron chi connectivity index (χ2n) is 3.67. The zero-order chi connectivity index (χ0) is 14.0. The molecular formula is C12H8F3N3S. The Bertz CT molecular complexity index is 629. The zero-order valence-electron chi connectivity index (χ0n) is 9.45. The van der Waals surface area contributed by atoms with Crippen LogP contribution in [0.4, 0.5) is 24.5 Å². The highest BCUT2D eigenvalue weighted by molar-refractivity contribution is 7.80. The van der Waals surface area contributed by atoms with E-state index in [1.54, 1.807) is 6.07 Å². The van der Waals surface area contributed by atoms with Gasteiger partial charge in [-0.1, -0.05) is 12.2 Å². The molecule has 3 nitrogen and oxygen atoms in total. The normalized spacial score (nSPS) is 10.3. The number of hydrogen-bond donors (Lipinski definition) is 2. The molecule has 0 radical (unpaired) electrons. The Morgan fingerprint density at radius 1 is 1.11 bits per heavy atom. The van der Waals surface area contributed by atoms with Crippen LogP contribution in [0.25, 0.3) is 0 Å². The van der Waals surface area contributed by atoms with Gasteiger partial charge in [0.1, 0.15) is 10.8 Å². The molecule has 0 saturated carbocycles. The van der Waals surface area contributed by atoms with Crippen molar-refractivity contribution in [1.82, 2.24) is 4.98 Å². The molecule has 0 saturated heterocycles. The predicted octanol–water partition coefficient (Wildman–Crippen LogP) is 2.88. The quantitative estimate of drug-likeness (QED) is 0.672. The first kappa shape index (κ1) is 13.3. The van der Waals surface area contributed by atoms with Crippen LogP contribution in [0.3, 0.4) is 0 Å². The molecular weight excluding hydrogens is 275 g/mol. The number of pyridine rings is 1. The van der Waals surface area contributed by atoms with Gasteiger partial charge in [-0.05, 0) is 12.1 Å². The summed E-state index contributed by atoms with van der Waals surface area (Å²) >= 11 is 4.73. The maximum Gasteiger partial charge on any atom is 0.161 e. The summed E-state index contributed by atoms with van der Waals surface area (Å²) in [5, 5.41) is 2.58. The summed E-state index contributed by atoms with van der Waals surface area (Å²) in [5.74, 6) is -3.29. The molecule has 3 N–H and O–H groups in total. The minimum atomic E-state index is -1.25. The van der Waals surface area contributed by atoms with Crippen LogP contribution < -0.4 is 11.1 Å². The first-order chi connectivity index (χ1) is 8.97. The van der Waals surface area contributed by atoms with Gasteiger partial charge >= 0.3 is 0 Å². The highest BCUT2D eigenvalue weighted by Crippen LogP contribution is 2.22. The molecule has 0 unspecified atom stereocenters. The van der Waals surface area contributed by atoms with Crippen LogP contribution in [0.15, 0.2) is 30.5 Å². The molecule has 19 heavy (non-hydrogen) atoms. The minimum absolute atomic E-state index is 0.130. The van der Waals surface area contributed by atoms with Crippen LogP contribution in [-0.4, -0.2) is 9.97 Å². The molecule has 0 fully saturated rings. The van der Waals surface area contributed by atoms with E-state index in [9.17, 15) is 13.2 Å². The topological polar surface area (TPSA) is 50.9 Å². The van der Waals surface area contributed by atoms with Crippen molar-refractivity contribution < 1.29 is 13.2 Å². The summed E-state index contributed by atoms with van der Waals surface area (Å²) in [7, 11) is 0. The SMILES string of the molecule is NC(=S)c1ccc(Nc2cc(F)c(F)cc2F)cn1. The third kappa shape index (κ3) is 3.00. The highest BCUT2D eigenvalue weighted by Gasteiger charge is 2.10. The predicted molar refractivity (Wildman–Crippen MR) is 69.7 cm³/mol. The molecule has 1 heterocycles. The van der Waals surface area contributed by atoms with E-state index in [-0.39, 0.29) is 10.7 Å². The van der Waals surface area contributed by atoms with Crippen molar-refractivity contribution in [3.8, 4) is 0 Å². The van der Waals surface area contributed by atoms with Gasteiger partial charge < -0.3 is 11.1 Å². The number of hydrogen-bond acceptors (Lipinski definition) is 3. The standard InChI is InChI=1S/C12H8F3N3S/c13-7-3-9(15)11(4-8(7)14)18-6-1-2-10(12(16)19)17-5-6/h1-5,18H,(H2,16,19). The second kappa shape index (κ2) is 5.23. The fourth-order valence-electron chi connectivity index (χ4n) is 1.39. The van der Waals surface area contributed by atoms with E-state index in [1.165, 1.54) is 12.3 Å². The smallest absolute Gasteiger partial charge is 0.161 e. The third-order valence-electron chi connectivity index (χ3n) is 2.30. The van der Waals surface area contributed by atoms with Crippen molar-refractivity contribution in [3.63, 3.8) is 0 Å². The number of aromatic nitrogens is 1. The molecule has 0 aliphatic heterocycles. The van der Waals surface area contributed by atoms with Gasteiger partial charge in [-0.2, -0.15) is 0 Å². The van der Waals surface area contributed by atoms with Crippen LogP contribution >= 0.6 is 12.2 Å². The molecule has 1 aromatic heterocycles. The number of nitrogens with two attached hydrogens (primary N) is 1. The van der Waals surface area contributed by atoms with E-state index >= 15 is 0 Å². The van der Waals surface area contributed by atoms with E-state index in [2.05, 4.69) is 10.3 Å².